The Balaban J connectivity index is 1.39. The van der Waals surface area contributed by atoms with Crippen molar-refractivity contribution in [3.63, 3.8) is 0 Å². The molecule has 3 aliphatic rings. The van der Waals surface area contributed by atoms with E-state index in [1.165, 1.54) is 35.2 Å². The van der Waals surface area contributed by atoms with Gasteiger partial charge in [-0.15, -0.1) is 10.2 Å². The lowest BCUT2D eigenvalue weighted by Crippen LogP contribution is -2.46. The Bertz CT molecular complexity index is 1800. The molecule has 0 aliphatic carbocycles. The maximum atomic E-state index is 14.6. The van der Waals surface area contributed by atoms with Crippen LogP contribution in [0.2, 0.25) is 0 Å². The third-order valence-electron chi connectivity index (χ3n) is 9.32. The van der Waals surface area contributed by atoms with E-state index in [2.05, 4.69) is 15.2 Å². The first-order chi connectivity index (χ1) is 23.5. The zero-order valence-electron chi connectivity index (χ0n) is 27.1. The summed E-state index contributed by atoms with van der Waals surface area (Å²) in [6.45, 7) is 3.33. The van der Waals surface area contributed by atoms with Crippen LogP contribution in [0.25, 0.3) is 0 Å². The molecule has 0 spiro atoms. The Morgan fingerprint density at radius 2 is 1.76 bits per heavy atom. The number of halogens is 7. The van der Waals surface area contributed by atoms with Gasteiger partial charge in [0.25, 0.3) is 11.8 Å². The van der Waals surface area contributed by atoms with Gasteiger partial charge in [0.1, 0.15) is 5.82 Å². The van der Waals surface area contributed by atoms with Crippen LogP contribution in [0.1, 0.15) is 77.8 Å². The molecule has 0 saturated carbocycles. The van der Waals surface area contributed by atoms with Crippen molar-refractivity contribution in [2.24, 2.45) is 22.6 Å². The molecule has 0 bridgehead atoms. The third-order valence-corrected chi connectivity index (χ3v) is 9.32. The van der Waals surface area contributed by atoms with E-state index in [1.807, 2.05) is 13.8 Å². The van der Waals surface area contributed by atoms with E-state index in [4.69, 9.17) is 10.5 Å². The topological polar surface area (TPSA) is 119 Å². The van der Waals surface area contributed by atoms with Gasteiger partial charge in [-0.25, -0.2) is 9.38 Å². The van der Waals surface area contributed by atoms with Gasteiger partial charge in [0.2, 0.25) is 5.82 Å². The number of ether oxygens (including phenoxy) is 1. The van der Waals surface area contributed by atoms with E-state index in [-0.39, 0.29) is 55.1 Å². The Labute approximate surface area is 282 Å². The lowest BCUT2D eigenvalue weighted by Gasteiger charge is -2.34. The van der Waals surface area contributed by atoms with Crippen LogP contribution in [-0.2, 0) is 40.5 Å². The molecule has 1 unspecified atom stereocenters. The minimum atomic E-state index is -4.97. The first-order valence-corrected chi connectivity index (χ1v) is 16.0. The highest BCUT2D eigenvalue weighted by atomic mass is 19.4. The molecule has 2 aromatic carbocycles. The molecule has 6 rings (SSSR count). The van der Waals surface area contributed by atoms with E-state index in [0.29, 0.717) is 25.2 Å². The van der Waals surface area contributed by atoms with Crippen LogP contribution in [0.3, 0.4) is 0 Å². The summed E-state index contributed by atoms with van der Waals surface area (Å²) in [5, 5.41) is 6.69. The predicted molar refractivity (Wildman–Crippen MR) is 163 cm³/mol. The molecule has 10 nitrogen and oxygen atoms in total. The molecule has 268 valence electrons. The smallest absolute Gasteiger partial charge is 0.381 e. The van der Waals surface area contributed by atoms with Gasteiger partial charge in [-0.05, 0) is 66.5 Å². The zero-order chi connectivity index (χ0) is 36.2. The number of aliphatic imine (C=N–C) groups is 1. The summed E-state index contributed by atoms with van der Waals surface area (Å²) in [5.74, 6) is -4.04. The molecule has 50 heavy (non-hydrogen) atoms. The van der Waals surface area contributed by atoms with Gasteiger partial charge in [-0.2, -0.15) is 26.3 Å². The average Bonchev–Trinajstić information content (AvgIpc) is 3.77. The normalized spacial score (nSPS) is 21.9. The highest BCUT2D eigenvalue weighted by Gasteiger charge is 2.53. The van der Waals surface area contributed by atoms with Gasteiger partial charge >= 0.3 is 12.4 Å². The number of alkyl halides is 6. The molecule has 1 fully saturated rings. The van der Waals surface area contributed by atoms with Crippen LogP contribution in [0, 0.1) is 17.7 Å². The summed E-state index contributed by atoms with van der Waals surface area (Å²) in [4.78, 5) is 35.3. The molecule has 3 atom stereocenters. The molecule has 1 saturated heterocycles. The Hall–Kier alpha value is -4.54. The first-order valence-electron chi connectivity index (χ1n) is 16.0. The summed E-state index contributed by atoms with van der Waals surface area (Å²) in [5.41, 5.74) is 3.48. The summed E-state index contributed by atoms with van der Waals surface area (Å²) in [6, 6.07) is 7.33. The van der Waals surface area contributed by atoms with E-state index in [9.17, 15) is 40.3 Å². The van der Waals surface area contributed by atoms with Gasteiger partial charge in [0.05, 0.1) is 23.7 Å². The molecule has 4 heterocycles. The molecule has 0 radical (unpaired) electrons. The van der Waals surface area contributed by atoms with Crippen molar-refractivity contribution in [1.82, 2.24) is 24.6 Å². The predicted octanol–water partition coefficient (Wildman–Crippen LogP) is 5.68. The van der Waals surface area contributed by atoms with Crippen LogP contribution in [0.4, 0.5) is 30.7 Å². The monoisotopic (exact) mass is 709 g/mol. The van der Waals surface area contributed by atoms with Crippen molar-refractivity contribution in [2.45, 2.75) is 70.1 Å². The molecule has 3 aromatic rings. The first kappa shape index (κ1) is 35.3. The summed E-state index contributed by atoms with van der Waals surface area (Å²) in [7, 11) is 0. The lowest BCUT2D eigenvalue weighted by molar-refractivity contribution is -0.148. The molecular formula is C33H34F7N7O3. The van der Waals surface area contributed by atoms with E-state index >= 15 is 0 Å². The number of nitrogens with two attached hydrogens (primary N) is 1. The quantitative estimate of drug-likeness (QED) is 0.301. The van der Waals surface area contributed by atoms with Crippen molar-refractivity contribution in [3.05, 3.63) is 82.2 Å². The highest BCUT2D eigenvalue weighted by molar-refractivity contribution is 6.07. The number of nitrogens with zero attached hydrogens (tertiary/aromatic N) is 6. The maximum absolute atomic E-state index is 14.6. The number of rotatable bonds is 8. The fourth-order valence-electron chi connectivity index (χ4n) is 6.97. The number of hydrogen-bond acceptors (Lipinski definition) is 7. The van der Waals surface area contributed by atoms with Crippen molar-refractivity contribution in [2.75, 3.05) is 19.8 Å². The molecule has 2 amide bonds. The number of guanidine groups is 1. The van der Waals surface area contributed by atoms with Gasteiger partial charge < -0.3 is 19.9 Å². The molecule has 3 aliphatic heterocycles. The molecular weight excluding hydrogens is 675 g/mol. The van der Waals surface area contributed by atoms with Crippen LogP contribution in [0.15, 0.2) is 47.5 Å². The van der Waals surface area contributed by atoms with Crippen molar-refractivity contribution in [1.29, 1.82) is 0 Å². The minimum Gasteiger partial charge on any atom is -0.381 e. The highest BCUT2D eigenvalue weighted by Crippen LogP contribution is 2.45. The fourth-order valence-corrected chi connectivity index (χ4v) is 6.97. The summed E-state index contributed by atoms with van der Waals surface area (Å²) >= 11 is 0. The number of carbonyl (C=O) groups is 2. The second-order valence-corrected chi connectivity index (χ2v) is 13.2. The minimum absolute atomic E-state index is 0.0816. The van der Waals surface area contributed by atoms with Gasteiger partial charge in [0, 0.05) is 26.3 Å². The Morgan fingerprint density at radius 1 is 1.04 bits per heavy atom. The Morgan fingerprint density at radius 3 is 2.38 bits per heavy atom. The summed E-state index contributed by atoms with van der Waals surface area (Å²) < 4.78 is 104. The largest absolute Gasteiger partial charge is 0.451 e. The number of fused-ring (bicyclic) bond motifs is 1. The van der Waals surface area contributed by atoms with E-state index in [0.717, 1.165) is 21.6 Å². The van der Waals surface area contributed by atoms with Crippen molar-refractivity contribution >= 4 is 17.8 Å². The maximum Gasteiger partial charge on any atom is 0.451 e. The van der Waals surface area contributed by atoms with E-state index in [1.54, 1.807) is 0 Å². The van der Waals surface area contributed by atoms with Gasteiger partial charge in [-0.1, -0.05) is 32.0 Å². The molecule has 17 heteroatoms. The second kappa shape index (κ2) is 13.0. The fraction of sp³-hybridized carbons (Fsp3) is 0.485. The Kier molecular flexibility index (Phi) is 9.16. The number of amides is 2. The average molecular weight is 710 g/mol. The number of carbonyl (C=O) groups excluding carboxylic acids is 2. The van der Waals surface area contributed by atoms with Crippen LogP contribution in [0.5, 0.6) is 0 Å². The summed E-state index contributed by atoms with van der Waals surface area (Å²) in [6.07, 6.45) is -8.73. The number of hydrogen-bond donors (Lipinski definition) is 1. The standard InChI is InChI=1S/C33H34F7N7O3/c1-18(2)13-25(47-29(49)31(42-30(47)41,15-19-9-12-50-17-19)21-4-6-22(34)7-5-21)20-3-8-24(32(35,36)37)23(14-20)27(48)45-10-11-46-26(16-45)43-44-28(46)33(38,39)40/h3-8,14,18-19,25H,9-13,15-17H2,1-2H3,(H2,41,42)/t19-,25?,31-/m0/s1. The third kappa shape index (κ3) is 6.54. The van der Waals surface area contributed by atoms with Crippen molar-refractivity contribution < 1.29 is 45.1 Å². The zero-order valence-corrected chi connectivity index (χ0v) is 27.1. The van der Waals surface area contributed by atoms with Crippen molar-refractivity contribution in [3.8, 4) is 0 Å². The molecule has 2 N–H and O–H groups in total. The van der Waals surface area contributed by atoms with Gasteiger partial charge in [0.15, 0.2) is 17.3 Å². The van der Waals surface area contributed by atoms with Crippen LogP contribution < -0.4 is 5.73 Å². The van der Waals surface area contributed by atoms with E-state index < -0.39 is 65.1 Å². The van der Waals surface area contributed by atoms with Gasteiger partial charge in [-0.3, -0.25) is 14.5 Å². The van der Waals surface area contributed by atoms with Crippen LogP contribution in [-0.4, -0.2) is 62.1 Å². The molecule has 1 aromatic heterocycles. The lowest BCUT2D eigenvalue weighted by atomic mass is 9.80. The second-order valence-electron chi connectivity index (χ2n) is 13.2. The number of benzene rings is 2. The number of aromatic nitrogens is 3. The van der Waals surface area contributed by atoms with Crippen LogP contribution >= 0.6 is 0 Å². The SMILES string of the molecule is CC(C)CC(c1ccc(C(F)(F)F)c(C(=O)N2CCn3c(nnc3C(F)(F)F)C2)c1)N1C(=O)[C@](C[C@@H]2CCOC2)(c2ccc(F)cc2)N=C1N.